The first-order valence-corrected chi connectivity index (χ1v) is 10.8. The second-order valence-electron chi connectivity index (χ2n) is 7.57. The molecule has 0 spiro atoms. The van der Waals surface area contributed by atoms with Crippen molar-refractivity contribution in [2.45, 2.75) is 39.5 Å². The minimum atomic E-state index is -0.0376. The van der Waals surface area contributed by atoms with Gasteiger partial charge in [-0.15, -0.1) is 0 Å². The summed E-state index contributed by atoms with van der Waals surface area (Å²) in [6, 6.07) is 12.7. The predicted octanol–water partition coefficient (Wildman–Crippen LogP) is 4.99. The van der Waals surface area contributed by atoms with Gasteiger partial charge in [0.1, 0.15) is 0 Å². The maximum atomic E-state index is 12.0. The first-order valence-electron chi connectivity index (χ1n) is 10.8. The largest absolute Gasteiger partial charge is 0.466 e. The van der Waals surface area contributed by atoms with E-state index >= 15 is 0 Å². The third kappa shape index (κ3) is 6.01. The molecule has 0 amide bonds. The Labute approximate surface area is 174 Å². The summed E-state index contributed by atoms with van der Waals surface area (Å²) in [6.45, 7) is 7.37. The normalized spacial score (nSPS) is 17.5. The number of piperidine rings is 1. The van der Waals surface area contributed by atoms with E-state index in [4.69, 9.17) is 4.74 Å². The van der Waals surface area contributed by atoms with Crippen molar-refractivity contribution in [1.82, 2.24) is 9.88 Å². The zero-order chi connectivity index (χ0) is 20.5. The summed E-state index contributed by atoms with van der Waals surface area (Å²) in [4.78, 5) is 18.9. The standard InChI is InChI=1S/C25H32N2O2/c1-3-21-11-5-6-13-23(21)24-18-20(14-15-26-24)10-7-8-16-27-17-9-12-22(19-27)25(28)29-4-2/h5-7,10-11,13-15,18,22H,3-4,8-9,12,16-17,19H2,1-2H3. The zero-order valence-electron chi connectivity index (χ0n) is 17.6. The Morgan fingerprint density at radius 1 is 1.28 bits per heavy atom. The summed E-state index contributed by atoms with van der Waals surface area (Å²) < 4.78 is 5.19. The fourth-order valence-corrected chi connectivity index (χ4v) is 3.96. The number of aryl methyl sites for hydroxylation is 1. The van der Waals surface area contributed by atoms with Crippen LogP contribution in [-0.2, 0) is 16.0 Å². The summed E-state index contributed by atoms with van der Waals surface area (Å²) in [5.74, 6) is -0.00140. The molecule has 1 unspecified atom stereocenters. The molecule has 1 aromatic heterocycles. The van der Waals surface area contributed by atoms with Crippen LogP contribution >= 0.6 is 0 Å². The average molecular weight is 393 g/mol. The Morgan fingerprint density at radius 3 is 2.97 bits per heavy atom. The lowest BCUT2D eigenvalue weighted by molar-refractivity contribution is -0.149. The number of aromatic nitrogens is 1. The Kier molecular flexibility index (Phi) is 8.00. The Balaban J connectivity index is 1.55. The molecule has 1 aromatic carbocycles. The topological polar surface area (TPSA) is 42.4 Å². The van der Waals surface area contributed by atoms with Crippen molar-refractivity contribution in [3.05, 3.63) is 59.8 Å². The minimum absolute atomic E-state index is 0.0362. The van der Waals surface area contributed by atoms with E-state index in [-0.39, 0.29) is 11.9 Å². The Bertz CT molecular complexity index is 831. The van der Waals surface area contributed by atoms with E-state index in [2.05, 4.69) is 59.3 Å². The van der Waals surface area contributed by atoms with Gasteiger partial charge in [-0.25, -0.2) is 0 Å². The smallest absolute Gasteiger partial charge is 0.310 e. The number of esters is 1. The molecule has 0 bridgehead atoms. The lowest BCUT2D eigenvalue weighted by Gasteiger charge is -2.31. The number of carbonyl (C=O) groups excluding carboxylic acids is 1. The Hall–Kier alpha value is -2.46. The molecule has 0 saturated carbocycles. The van der Waals surface area contributed by atoms with Crippen LogP contribution in [0.1, 0.15) is 44.2 Å². The van der Waals surface area contributed by atoms with Crippen molar-refractivity contribution in [1.29, 1.82) is 0 Å². The molecule has 1 saturated heterocycles. The quantitative estimate of drug-likeness (QED) is 0.594. The summed E-state index contributed by atoms with van der Waals surface area (Å²) in [5, 5.41) is 0. The van der Waals surface area contributed by atoms with E-state index in [1.54, 1.807) is 0 Å². The van der Waals surface area contributed by atoms with Gasteiger partial charge in [-0.05, 0) is 62.4 Å². The van der Waals surface area contributed by atoms with Gasteiger partial charge < -0.3 is 9.64 Å². The van der Waals surface area contributed by atoms with Gasteiger partial charge in [0.25, 0.3) is 0 Å². The number of carbonyl (C=O) groups is 1. The highest BCUT2D eigenvalue weighted by Crippen LogP contribution is 2.23. The van der Waals surface area contributed by atoms with Gasteiger partial charge in [0.2, 0.25) is 0 Å². The number of nitrogens with zero attached hydrogens (tertiary/aromatic N) is 2. The van der Waals surface area contributed by atoms with Gasteiger partial charge in [0.05, 0.1) is 18.2 Å². The first kappa shape index (κ1) is 21.3. The fourth-order valence-electron chi connectivity index (χ4n) is 3.96. The van der Waals surface area contributed by atoms with E-state index in [9.17, 15) is 4.79 Å². The molecule has 0 aliphatic carbocycles. The van der Waals surface area contributed by atoms with Crippen LogP contribution in [0, 0.1) is 5.92 Å². The molecule has 1 fully saturated rings. The van der Waals surface area contributed by atoms with Gasteiger partial charge >= 0.3 is 5.97 Å². The SMILES string of the molecule is CCOC(=O)C1CCCN(CCC=Cc2ccnc(-c3ccccc3CC)c2)C1. The van der Waals surface area contributed by atoms with E-state index in [0.29, 0.717) is 6.61 Å². The molecular formula is C25H32N2O2. The van der Waals surface area contributed by atoms with Crippen molar-refractivity contribution in [3.8, 4) is 11.3 Å². The van der Waals surface area contributed by atoms with Crippen molar-refractivity contribution >= 4 is 12.0 Å². The molecule has 4 heteroatoms. The molecule has 3 rings (SSSR count). The highest BCUT2D eigenvalue weighted by atomic mass is 16.5. The average Bonchev–Trinajstić information content (AvgIpc) is 2.77. The summed E-state index contributed by atoms with van der Waals surface area (Å²) in [6.07, 6.45) is 10.3. The molecule has 154 valence electrons. The van der Waals surface area contributed by atoms with Crippen molar-refractivity contribution in [2.75, 3.05) is 26.2 Å². The van der Waals surface area contributed by atoms with Crippen molar-refractivity contribution < 1.29 is 9.53 Å². The van der Waals surface area contributed by atoms with E-state index in [0.717, 1.165) is 51.0 Å². The highest BCUT2D eigenvalue weighted by molar-refractivity contribution is 5.72. The van der Waals surface area contributed by atoms with Crippen LogP contribution in [0.25, 0.3) is 17.3 Å². The highest BCUT2D eigenvalue weighted by Gasteiger charge is 2.26. The van der Waals surface area contributed by atoms with Crippen molar-refractivity contribution in [3.63, 3.8) is 0 Å². The third-order valence-corrected chi connectivity index (χ3v) is 5.51. The molecule has 1 aliphatic rings. The number of rotatable bonds is 8. The number of ether oxygens (including phenoxy) is 1. The number of benzene rings is 1. The number of hydrogen-bond acceptors (Lipinski definition) is 4. The monoisotopic (exact) mass is 392 g/mol. The molecule has 0 radical (unpaired) electrons. The third-order valence-electron chi connectivity index (χ3n) is 5.51. The number of pyridine rings is 1. The van der Waals surface area contributed by atoms with E-state index in [1.807, 2.05) is 19.2 Å². The van der Waals surface area contributed by atoms with Crippen LogP contribution in [0.5, 0.6) is 0 Å². The second-order valence-corrected chi connectivity index (χ2v) is 7.57. The van der Waals surface area contributed by atoms with Crippen LogP contribution in [-0.4, -0.2) is 42.1 Å². The molecule has 2 heterocycles. The molecule has 4 nitrogen and oxygen atoms in total. The number of likely N-dealkylation sites (tertiary alicyclic amines) is 1. The van der Waals surface area contributed by atoms with Gasteiger partial charge in [0.15, 0.2) is 0 Å². The van der Waals surface area contributed by atoms with Crippen molar-refractivity contribution in [2.24, 2.45) is 5.92 Å². The lowest BCUT2D eigenvalue weighted by atomic mass is 9.98. The van der Waals surface area contributed by atoms with Crippen LogP contribution in [0.2, 0.25) is 0 Å². The maximum absolute atomic E-state index is 12.0. The van der Waals surface area contributed by atoms with Gasteiger partial charge in [-0.2, -0.15) is 0 Å². The predicted molar refractivity (Wildman–Crippen MR) is 118 cm³/mol. The molecule has 29 heavy (non-hydrogen) atoms. The van der Waals surface area contributed by atoms with Crippen LogP contribution in [0.4, 0.5) is 0 Å². The van der Waals surface area contributed by atoms with Gasteiger partial charge in [-0.1, -0.05) is 43.3 Å². The fraction of sp³-hybridized carbons (Fsp3) is 0.440. The molecule has 2 aromatic rings. The van der Waals surface area contributed by atoms with Crippen LogP contribution in [0.15, 0.2) is 48.7 Å². The van der Waals surface area contributed by atoms with Gasteiger partial charge in [-0.3, -0.25) is 9.78 Å². The van der Waals surface area contributed by atoms with Crippen LogP contribution < -0.4 is 0 Å². The summed E-state index contributed by atoms with van der Waals surface area (Å²) in [7, 11) is 0. The van der Waals surface area contributed by atoms with E-state index in [1.165, 1.54) is 16.7 Å². The summed E-state index contributed by atoms with van der Waals surface area (Å²) in [5.41, 5.74) is 4.73. The molecule has 1 atom stereocenters. The number of hydrogen-bond donors (Lipinski definition) is 0. The first-order chi connectivity index (χ1) is 14.2. The minimum Gasteiger partial charge on any atom is -0.466 e. The zero-order valence-corrected chi connectivity index (χ0v) is 17.6. The van der Waals surface area contributed by atoms with Crippen LogP contribution in [0.3, 0.4) is 0 Å². The summed E-state index contributed by atoms with van der Waals surface area (Å²) >= 11 is 0. The Morgan fingerprint density at radius 2 is 2.14 bits per heavy atom. The maximum Gasteiger partial charge on any atom is 0.310 e. The molecule has 1 aliphatic heterocycles. The molecular weight excluding hydrogens is 360 g/mol. The van der Waals surface area contributed by atoms with Gasteiger partial charge in [0, 0.05) is 24.8 Å². The molecule has 0 N–H and O–H groups in total. The lowest BCUT2D eigenvalue weighted by Crippen LogP contribution is -2.39. The van der Waals surface area contributed by atoms with E-state index < -0.39 is 0 Å². The second kappa shape index (κ2) is 10.9.